The highest BCUT2D eigenvalue weighted by Crippen LogP contribution is 2.40. The van der Waals surface area contributed by atoms with E-state index in [9.17, 15) is 0 Å². The molecular formula is C29H44O. The molecule has 0 unspecified atom stereocenters. The molecule has 166 valence electrons. The molecule has 0 atom stereocenters. The predicted molar refractivity (Wildman–Crippen MR) is 130 cm³/mol. The molecule has 2 saturated carbocycles. The number of benzene rings is 1. The van der Waals surface area contributed by atoms with Crippen LogP contribution in [0.1, 0.15) is 102 Å². The number of allylic oxidation sites excluding steroid dienone is 3. The van der Waals surface area contributed by atoms with E-state index in [0.29, 0.717) is 13.2 Å². The fourth-order valence-corrected chi connectivity index (χ4v) is 5.57. The minimum atomic E-state index is 0.708. The average Bonchev–Trinajstić information content (AvgIpc) is 2.81. The van der Waals surface area contributed by atoms with Gasteiger partial charge in [0.2, 0.25) is 0 Å². The molecule has 3 rings (SSSR count). The van der Waals surface area contributed by atoms with E-state index >= 15 is 0 Å². The molecular weight excluding hydrogens is 364 g/mol. The summed E-state index contributed by atoms with van der Waals surface area (Å²) in [5, 5.41) is 0. The van der Waals surface area contributed by atoms with E-state index < -0.39 is 0 Å². The maximum absolute atomic E-state index is 5.67. The van der Waals surface area contributed by atoms with Gasteiger partial charge in [-0.1, -0.05) is 74.3 Å². The van der Waals surface area contributed by atoms with Gasteiger partial charge in [-0.05, 0) is 93.6 Å². The van der Waals surface area contributed by atoms with Gasteiger partial charge in [-0.15, -0.1) is 0 Å². The van der Waals surface area contributed by atoms with Gasteiger partial charge in [-0.2, -0.15) is 0 Å². The summed E-state index contributed by atoms with van der Waals surface area (Å²) in [6.45, 7) is 5.61. The van der Waals surface area contributed by atoms with Crippen molar-refractivity contribution in [3.63, 3.8) is 0 Å². The lowest BCUT2D eigenvalue weighted by Gasteiger charge is -2.32. The first-order chi connectivity index (χ1) is 14.8. The molecule has 0 amide bonds. The molecule has 0 aliphatic heterocycles. The van der Waals surface area contributed by atoms with Gasteiger partial charge in [-0.25, -0.2) is 0 Å². The summed E-state index contributed by atoms with van der Waals surface area (Å²) in [5.41, 5.74) is 2.84. The Labute approximate surface area is 186 Å². The highest BCUT2D eigenvalue weighted by Gasteiger charge is 2.25. The molecule has 2 aliphatic carbocycles. The number of ether oxygens (including phenoxy) is 1. The summed E-state index contributed by atoms with van der Waals surface area (Å²) in [5.74, 6) is 3.76. The van der Waals surface area contributed by atoms with Crippen molar-refractivity contribution in [3.8, 4) is 0 Å². The molecule has 0 N–H and O–H groups in total. The van der Waals surface area contributed by atoms with Crippen LogP contribution < -0.4 is 0 Å². The van der Waals surface area contributed by atoms with Gasteiger partial charge in [0.05, 0.1) is 13.2 Å². The van der Waals surface area contributed by atoms with Crippen LogP contribution in [0.2, 0.25) is 0 Å². The second-order valence-corrected chi connectivity index (χ2v) is 9.81. The highest BCUT2D eigenvalue weighted by atomic mass is 16.5. The summed E-state index contributed by atoms with van der Waals surface area (Å²) in [6, 6.07) is 9.24. The Bertz CT molecular complexity index is 625. The Morgan fingerprint density at radius 1 is 0.733 bits per heavy atom. The highest BCUT2D eigenvalue weighted by molar-refractivity contribution is 5.25. The van der Waals surface area contributed by atoms with E-state index in [2.05, 4.69) is 49.4 Å². The van der Waals surface area contributed by atoms with Gasteiger partial charge in [0, 0.05) is 0 Å². The second-order valence-electron chi connectivity index (χ2n) is 9.81. The molecule has 0 bridgehead atoms. The van der Waals surface area contributed by atoms with Crippen molar-refractivity contribution in [2.75, 3.05) is 6.61 Å². The van der Waals surface area contributed by atoms with Crippen LogP contribution in [0.15, 0.2) is 48.6 Å². The van der Waals surface area contributed by atoms with Crippen molar-refractivity contribution < 1.29 is 4.74 Å². The van der Waals surface area contributed by atoms with E-state index in [4.69, 9.17) is 4.74 Å². The van der Waals surface area contributed by atoms with Crippen LogP contribution >= 0.6 is 0 Å². The first-order valence-corrected chi connectivity index (χ1v) is 12.7. The Balaban J connectivity index is 1.32. The lowest BCUT2D eigenvalue weighted by molar-refractivity contribution is 0.148. The van der Waals surface area contributed by atoms with E-state index in [1.54, 1.807) is 5.56 Å². The SMILES string of the molecule is CC=CCOCc1ccc(C2CCC(CCC3CCC(CC=CC)CC3)CC2)cc1. The van der Waals surface area contributed by atoms with Crippen molar-refractivity contribution in [2.24, 2.45) is 17.8 Å². The third-order valence-electron chi connectivity index (χ3n) is 7.67. The van der Waals surface area contributed by atoms with Crippen LogP contribution in [0.25, 0.3) is 0 Å². The van der Waals surface area contributed by atoms with Crippen LogP contribution in [0, 0.1) is 17.8 Å². The minimum absolute atomic E-state index is 0.708. The van der Waals surface area contributed by atoms with Crippen molar-refractivity contribution in [1.82, 2.24) is 0 Å². The smallest absolute Gasteiger partial charge is 0.0721 e. The lowest BCUT2D eigenvalue weighted by atomic mass is 9.74. The fraction of sp³-hybridized carbons (Fsp3) is 0.655. The lowest BCUT2D eigenvalue weighted by Crippen LogP contribution is -2.17. The summed E-state index contributed by atoms with van der Waals surface area (Å²) < 4.78 is 5.67. The molecule has 2 fully saturated rings. The molecule has 1 nitrogen and oxygen atoms in total. The maximum Gasteiger partial charge on any atom is 0.0721 e. The molecule has 1 aromatic carbocycles. The zero-order valence-corrected chi connectivity index (χ0v) is 19.5. The molecule has 0 saturated heterocycles. The van der Waals surface area contributed by atoms with Gasteiger partial charge in [0.25, 0.3) is 0 Å². The number of rotatable bonds is 10. The van der Waals surface area contributed by atoms with Gasteiger partial charge in [0.15, 0.2) is 0 Å². The molecule has 30 heavy (non-hydrogen) atoms. The summed E-state index contributed by atoms with van der Waals surface area (Å²) in [4.78, 5) is 0. The molecule has 0 spiro atoms. The summed E-state index contributed by atoms with van der Waals surface area (Å²) in [6.07, 6.45) is 24.6. The largest absolute Gasteiger partial charge is 0.373 e. The van der Waals surface area contributed by atoms with Gasteiger partial charge < -0.3 is 4.74 Å². The van der Waals surface area contributed by atoms with E-state index in [1.807, 2.05) is 13.0 Å². The molecule has 0 heterocycles. The summed E-state index contributed by atoms with van der Waals surface area (Å²) in [7, 11) is 0. The third kappa shape index (κ3) is 7.73. The van der Waals surface area contributed by atoms with Crippen LogP contribution in [0.3, 0.4) is 0 Å². The van der Waals surface area contributed by atoms with Gasteiger partial charge in [0.1, 0.15) is 0 Å². The van der Waals surface area contributed by atoms with Crippen LogP contribution in [-0.4, -0.2) is 6.61 Å². The van der Waals surface area contributed by atoms with E-state index in [1.165, 1.54) is 76.2 Å². The van der Waals surface area contributed by atoms with Crippen molar-refractivity contribution in [1.29, 1.82) is 0 Å². The average molecular weight is 409 g/mol. The quantitative estimate of drug-likeness (QED) is 0.278. The molecule has 1 aromatic rings. The number of hydrogen-bond acceptors (Lipinski definition) is 1. The van der Waals surface area contributed by atoms with Crippen LogP contribution in [0.5, 0.6) is 0 Å². The monoisotopic (exact) mass is 408 g/mol. The molecule has 0 radical (unpaired) electrons. The van der Waals surface area contributed by atoms with Gasteiger partial charge >= 0.3 is 0 Å². The Hall–Kier alpha value is -1.34. The second kappa shape index (κ2) is 13.2. The van der Waals surface area contributed by atoms with Gasteiger partial charge in [-0.3, -0.25) is 0 Å². The summed E-state index contributed by atoms with van der Waals surface area (Å²) >= 11 is 0. The number of hydrogen-bond donors (Lipinski definition) is 0. The maximum atomic E-state index is 5.67. The normalized spacial score (nSPS) is 27.8. The Morgan fingerprint density at radius 3 is 1.90 bits per heavy atom. The zero-order valence-electron chi connectivity index (χ0n) is 19.5. The molecule has 1 heteroatoms. The first kappa shape index (κ1) is 23.3. The minimum Gasteiger partial charge on any atom is -0.373 e. The topological polar surface area (TPSA) is 9.23 Å². The van der Waals surface area contributed by atoms with E-state index in [0.717, 1.165) is 23.7 Å². The molecule has 0 aromatic heterocycles. The standard InChI is InChI=1S/C29H44O/c1-3-5-7-24-8-10-25(11-9-24)12-13-26-14-18-28(19-15-26)29-20-16-27(17-21-29)23-30-22-6-4-2/h3-6,16-17,20-21,24-26,28H,7-15,18-19,22-23H2,1-2H3. The molecule has 2 aliphatic rings. The Morgan fingerprint density at radius 2 is 1.30 bits per heavy atom. The van der Waals surface area contributed by atoms with Crippen LogP contribution in [-0.2, 0) is 11.3 Å². The Kier molecular flexibility index (Phi) is 10.2. The van der Waals surface area contributed by atoms with Crippen molar-refractivity contribution >= 4 is 0 Å². The predicted octanol–water partition coefficient (Wildman–Crippen LogP) is 8.61. The first-order valence-electron chi connectivity index (χ1n) is 12.7. The van der Waals surface area contributed by atoms with E-state index in [-0.39, 0.29) is 0 Å². The third-order valence-corrected chi connectivity index (χ3v) is 7.67. The van der Waals surface area contributed by atoms with Crippen molar-refractivity contribution in [2.45, 2.75) is 97.0 Å². The zero-order chi connectivity index (χ0) is 21.0. The van der Waals surface area contributed by atoms with Crippen molar-refractivity contribution in [3.05, 3.63) is 59.7 Å². The van der Waals surface area contributed by atoms with Crippen LogP contribution in [0.4, 0.5) is 0 Å². The fourth-order valence-electron chi connectivity index (χ4n) is 5.57.